The first-order chi connectivity index (χ1) is 9.98. The van der Waals surface area contributed by atoms with Crippen molar-refractivity contribution >= 4 is 17.3 Å². The Bertz CT molecular complexity index is 556. The van der Waals surface area contributed by atoms with E-state index < -0.39 is 16.2 Å². The van der Waals surface area contributed by atoms with Crippen molar-refractivity contribution in [3.63, 3.8) is 0 Å². The van der Waals surface area contributed by atoms with Gasteiger partial charge in [0.05, 0.1) is 10.3 Å². The van der Waals surface area contributed by atoms with Crippen molar-refractivity contribution in [1.29, 1.82) is 0 Å². The predicted octanol–water partition coefficient (Wildman–Crippen LogP) is 2.45. The lowest BCUT2D eigenvalue weighted by molar-refractivity contribution is -0.384. The van der Waals surface area contributed by atoms with Crippen LogP contribution in [0.4, 0.5) is 15.8 Å². The van der Waals surface area contributed by atoms with Gasteiger partial charge >= 0.3 is 0 Å². The van der Waals surface area contributed by atoms with E-state index in [-0.39, 0.29) is 17.3 Å². The highest BCUT2D eigenvalue weighted by Crippen LogP contribution is 2.34. The quantitative estimate of drug-likeness (QED) is 0.645. The van der Waals surface area contributed by atoms with Crippen molar-refractivity contribution in [1.82, 2.24) is 5.32 Å². The number of anilines is 1. The van der Waals surface area contributed by atoms with Crippen LogP contribution in [-0.2, 0) is 4.79 Å². The van der Waals surface area contributed by atoms with Crippen LogP contribution in [0.25, 0.3) is 0 Å². The number of carbonyl (C=O) groups is 1. The monoisotopic (exact) mass is 295 g/mol. The third-order valence-corrected chi connectivity index (χ3v) is 3.86. The van der Waals surface area contributed by atoms with Gasteiger partial charge < -0.3 is 10.6 Å². The number of hydrogen-bond acceptors (Lipinski definition) is 4. The molecule has 0 aliphatic carbocycles. The lowest BCUT2D eigenvalue weighted by Crippen LogP contribution is -2.38. The number of nitrogens with zero attached hydrogens (tertiary/aromatic N) is 1. The molecule has 1 atom stereocenters. The normalized spacial score (nSPS) is 21.2. The van der Waals surface area contributed by atoms with Crippen molar-refractivity contribution in [2.24, 2.45) is 5.41 Å². The number of hydrogen-bond donors (Lipinski definition) is 2. The van der Waals surface area contributed by atoms with Crippen LogP contribution in [0.15, 0.2) is 18.2 Å². The molecule has 1 amide bonds. The smallest absolute Gasteiger partial charge is 0.292 e. The Labute approximate surface area is 121 Å². The van der Waals surface area contributed by atoms with E-state index in [0.717, 1.165) is 31.2 Å². The maximum atomic E-state index is 13.3. The first-order valence-corrected chi connectivity index (χ1v) is 6.94. The van der Waals surface area contributed by atoms with Crippen molar-refractivity contribution in [3.05, 3.63) is 34.1 Å². The van der Waals surface area contributed by atoms with Crippen LogP contribution in [0.3, 0.4) is 0 Å². The van der Waals surface area contributed by atoms with Crippen LogP contribution in [0, 0.1) is 21.3 Å². The second-order valence-electron chi connectivity index (χ2n) is 5.33. The molecule has 0 radical (unpaired) electrons. The predicted molar refractivity (Wildman–Crippen MR) is 76.5 cm³/mol. The Morgan fingerprint density at radius 2 is 2.33 bits per heavy atom. The van der Waals surface area contributed by atoms with E-state index in [1.807, 2.05) is 6.92 Å². The molecule has 21 heavy (non-hydrogen) atoms. The fourth-order valence-electron chi connectivity index (χ4n) is 2.77. The minimum atomic E-state index is -0.631. The van der Waals surface area contributed by atoms with Gasteiger partial charge in [0.2, 0.25) is 5.91 Å². The molecule has 0 saturated carbocycles. The van der Waals surface area contributed by atoms with Gasteiger partial charge in [-0.2, -0.15) is 0 Å². The lowest BCUT2D eigenvalue weighted by Gasteiger charge is -2.26. The van der Waals surface area contributed by atoms with Crippen LogP contribution < -0.4 is 10.6 Å². The maximum absolute atomic E-state index is 13.3. The summed E-state index contributed by atoms with van der Waals surface area (Å²) in [5.41, 5.74) is -0.968. The summed E-state index contributed by atoms with van der Waals surface area (Å²) >= 11 is 0. The minimum Gasteiger partial charge on any atom is -0.320 e. The molecular weight excluding hydrogens is 277 g/mol. The zero-order chi connectivity index (χ0) is 15.5. The highest BCUT2D eigenvalue weighted by molar-refractivity contribution is 5.97. The summed E-state index contributed by atoms with van der Waals surface area (Å²) in [7, 11) is 0. The molecule has 1 aromatic carbocycles. The summed E-state index contributed by atoms with van der Waals surface area (Å²) in [6, 6.07) is 3.05. The second-order valence-corrected chi connectivity index (χ2v) is 5.33. The van der Waals surface area contributed by atoms with Crippen LogP contribution in [0.2, 0.25) is 0 Å². The molecule has 1 aliphatic heterocycles. The topological polar surface area (TPSA) is 84.3 Å². The van der Waals surface area contributed by atoms with Crippen LogP contribution in [0.1, 0.15) is 26.2 Å². The Hall–Kier alpha value is -2.02. The van der Waals surface area contributed by atoms with Gasteiger partial charge in [-0.25, -0.2) is 4.39 Å². The maximum Gasteiger partial charge on any atom is 0.292 e. The third-order valence-electron chi connectivity index (χ3n) is 3.86. The molecule has 6 nitrogen and oxygen atoms in total. The van der Waals surface area contributed by atoms with Gasteiger partial charge in [-0.1, -0.05) is 13.3 Å². The van der Waals surface area contributed by atoms with Crippen molar-refractivity contribution < 1.29 is 14.1 Å². The van der Waals surface area contributed by atoms with E-state index in [9.17, 15) is 19.3 Å². The largest absolute Gasteiger partial charge is 0.320 e. The number of amides is 1. The number of nitro benzene ring substituents is 1. The molecule has 114 valence electrons. The molecule has 2 rings (SSSR count). The molecule has 7 heteroatoms. The van der Waals surface area contributed by atoms with Gasteiger partial charge in [0.25, 0.3) is 5.69 Å². The summed E-state index contributed by atoms with van der Waals surface area (Å²) in [6.45, 7) is 3.26. The summed E-state index contributed by atoms with van der Waals surface area (Å²) in [4.78, 5) is 22.8. The Kier molecular flexibility index (Phi) is 4.52. The highest BCUT2D eigenvalue weighted by atomic mass is 19.1. The molecule has 1 unspecified atom stereocenters. The van der Waals surface area contributed by atoms with Gasteiger partial charge in [0.1, 0.15) is 11.5 Å². The average Bonchev–Trinajstić information content (AvgIpc) is 2.88. The van der Waals surface area contributed by atoms with E-state index in [0.29, 0.717) is 19.4 Å². The molecule has 1 heterocycles. The van der Waals surface area contributed by atoms with E-state index in [4.69, 9.17) is 0 Å². The van der Waals surface area contributed by atoms with Gasteiger partial charge in [-0.15, -0.1) is 0 Å². The number of halogens is 1. The summed E-state index contributed by atoms with van der Waals surface area (Å²) in [6.07, 6.45) is 2.20. The molecule has 0 aromatic heterocycles. The number of rotatable bonds is 5. The minimum absolute atomic E-state index is 0.0904. The molecule has 1 aliphatic rings. The third kappa shape index (κ3) is 3.18. The van der Waals surface area contributed by atoms with Gasteiger partial charge in [0, 0.05) is 18.7 Å². The molecule has 0 spiro atoms. The molecule has 0 bridgehead atoms. The fraction of sp³-hybridized carbons (Fsp3) is 0.500. The number of benzene rings is 1. The number of nitro groups is 1. The zero-order valence-corrected chi connectivity index (χ0v) is 11.8. The van der Waals surface area contributed by atoms with Crippen LogP contribution in [0.5, 0.6) is 0 Å². The molecule has 1 fully saturated rings. The van der Waals surface area contributed by atoms with Crippen molar-refractivity contribution in [2.75, 3.05) is 18.4 Å². The second kappa shape index (κ2) is 6.17. The van der Waals surface area contributed by atoms with E-state index in [2.05, 4.69) is 10.6 Å². The van der Waals surface area contributed by atoms with Crippen molar-refractivity contribution in [3.8, 4) is 0 Å². The van der Waals surface area contributed by atoms with Gasteiger partial charge in [0.15, 0.2) is 0 Å². The Balaban J connectivity index is 2.26. The summed E-state index contributed by atoms with van der Waals surface area (Å²) < 4.78 is 13.3. The van der Waals surface area contributed by atoms with E-state index in [1.165, 1.54) is 0 Å². The van der Waals surface area contributed by atoms with Gasteiger partial charge in [-0.05, 0) is 25.5 Å². The van der Waals surface area contributed by atoms with Crippen LogP contribution in [-0.4, -0.2) is 23.9 Å². The molecule has 1 aromatic rings. The number of nitrogens with one attached hydrogen (secondary N) is 2. The first-order valence-electron chi connectivity index (χ1n) is 6.94. The van der Waals surface area contributed by atoms with Gasteiger partial charge in [-0.3, -0.25) is 14.9 Å². The summed E-state index contributed by atoms with van der Waals surface area (Å²) in [5.74, 6) is -0.909. The zero-order valence-electron chi connectivity index (χ0n) is 11.8. The Morgan fingerprint density at radius 1 is 1.57 bits per heavy atom. The first kappa shape index (κ1) is 15.4. The molecule has 2 N–H and O–H groups in total. The standard InChI is InChI=1S/C14H18FN3O3/c1-2-5-14(6-7-16-9-14)13(19)17-11-8-10(15)3-4-12(11)18(20)21/h3-4,8,16H,2,5-7,9H2,1H3,(H,17,19). The highest BCUT2D eigenvalue weighted by Gasteiger charge is 2.40. The van der Waals surface area contributed by atoms with E-state index in [1.54, 1.807) is 0 Å². The average molecular weight is 295 g/mol. The fourth-order valence-corrected chi connectivity index (χ4v) is 2.77. The number of carbonyl (C=O) groups excluding carboxylic acids is 1. The van der Waals surface area contributed by atoms with E-state index >= 15 is 0 Å². The lowest BCUT2D eigenvalue weighted by atomic mass is 9.81. The molecule has 1 saturated heterocycles. The molecular formula is C14H18FN3O3. The van der Waals surface area contributed by atoms with Crippen LogP contribution >= 0.6 is 0 Å². The SMILES string of the molecule is CCCC1(C(=O)Nc2cc(F)ccc2[N+](=O)[O-])CCNC1. The Morgan fingerprint density at radius 3 is 2.90 bits per heavy atom. The van der Waals surface area contributed by atoms with Crippen molar-refractivity contribution in [2.45, 2.75) is 26.2 Å². The summed E-state index contributed by atoms with van der Waals surface area (Å²) in [5, 5.41) is 16.6.